The van der Waals surface area contributed by atoms with Gasteiger partial charge in [-0.25, -0.2) is 9.59 Å². The molecule has 1 aromatic carbocycles. The maximum atomic E-state index is 12.4. The first-order valence-electron chi connectivity index (χ1n) is 9.33. The number of benzene rings is 1. The molecule has 4 rings (SSSR count). The molecular formula is C18H19F3N4O6. The number of nitrogens with zero attached hydrogens (tertiary/aromatic N) is 2. The number of para-hydroxylation sites is 1. The summed E-state index contributed by atoms with van der Waals surface area (Å²) in [6, 6.07) is 4.84. The Kier molecular flexibility index (Phi) is 6.34. The number of alkyl halides is 3. The van der Waals surface area contributed by atoms with Crippen molar-refractivity contribution in [2.45, 2.75) is 25.1 Å². The number of aliphatic carboxylic acids is 1. The Morgan fingerprint density at radius 2 is 1.81 bits per heavy atom. The van der Waals surface area contributed by atoms with E-state index < -0.39 is 29.9 Å². The maximum absolute atomic E-state index is 12.4. The van der Waals surface area contributed by atoms with Crippen molar-refractivity contribution in [2.75, 3.05) is 31.1 Å². The van der Waals surface area contributed by atoms with Gasteiger partial charge in [0.1, 0.15) is 6.04 Å². The van der Waals surface area contributed by atoms with Crippen LogP contribution >= 0.6 is 0 Å². The van der Waals surface area contributed by atoms with Gasteiger partial charge < -0.3 is 19.7 Å². The zero-order valence-corrected chi connectivity index (χ0v) is 16.1. The Balaban J connectivity index is 0.000000339. The first-order chi connectivity index (χ1) is 14.6. The molecule has 0 aliphatic carbocycles. The van der Waals surface area contributed by atoms with Crippen molar-refractivity contribution in [3.8, 4) is 0 Å². The Hall–Kier alpha value is -3.35. The predicted octanol–water partition coefficient (Wildman–Crippen LogP) is 0.615. The molecule has 31 heavy (non-hydrogen) atoms. The van der Waals surface area contributed by atoms with Gasteiger partial charge in [-0.1, -0.05) is 6.07 Å². The zero-order chi connectivity index (χ0) is 22.8. The number of oxazole rings is 1. The van der Waals surface area contributed by atoms with Crippen LogP contribution in [0.2, 0.25) is 0 Å². The van der Waals surface area contributed by atoms with E-state index in [1.165, 1.54) is 4.57 Å². The molecule has 168 valence electrons. The summed E-state index contributed by atoms with van der Waals surface area (Å²) in [6.07, 6.45) is -4.57. The number of piperidine rings is 1. The van der Waals surface area contributed by atoms with Crippen LogP contribution in [0.4, 0.5) is 18.9 Å². The van der Waals surface area contributed by atoms with E-state index in [1.54, 1.807) is 6.07 Å². The summed E-state index contributed by atoms with van der Waals surface area (Å²) >= 11 is 0. The lowest BCUT2D eigenvalue weighted by molar-refractivity contribution is -0.192. The van der Waals surface area contributed by atoms with E-state index in [-0.39, 0.29) is 12.3 Å². The second-order valence-corrected chi connectivity index (χ2v) is 6.87. The minimum absolute atomic E-state index is 0.215. The Morgan fingerprint density at radius 1 is 1.16 bits per heavy atom. The molecule has 0 saturated carbocycles. The van der Waals surface area contributed by atoms with Crippen LogP contribution in [0.5, 0.6) is 0 Å². The normalized spacial score (nSPS) is 19.6. The number of nitrogens with one attached hydrogen (secondary N) is 2. The predicted molar refractivity (Wildman–Crippen MR) is 101 cm³/mol. The van der Waals surface area contributed by atoms with E-state index in [9.17, 15) is 27.6 Å². The fraction of sp³-hybridized carbons (Fsp3) is 0.444. The zero-order valence-electron chi connectivity index (χ0n) is 16.1. The molecule has 2 saturated heterocycles. The van der Waals surface area contributed by atoms with Gasteiger partial charge in [0, 0.05) is 32.6 Å². The standard InChI is InChI=1S/C16H18N4O4.C2HF3O2/c21-13-5-4-12(15(22)18-13)20-11-3-1-2-10(14(11)24-16(20)23)19-8-6-17-7-9-19;3-2(4,5)1(6)7/h1-3,12,17H,4-9H2,(H,18,21,22);(H,6,7). The summed E-state index contributed by atoms with van der Waals surface area (Å²) < 4.78 is 38.6. The van der Waals surface area contributed by atoms with Crippen molar-refractivity contribution >= 4 is 34.6 Å². The van der Waals surface area contributed by atoms with Crippen LogP contribution in [0.25, 0.3) is 11.1 Å². The van der Waals surface area contributed by atoms with Gasteiger partial charge in [-0.05, 0) is 18.6 Å². The third kappa shape index (κ3) is 4.87. The molecule has 1 unspecified atom stereocenters. The SMILES string of the molecule is O=C(O)C(F)(F)F.O=C1CCC(n2c(=O)oc3c(N4CCNCC4)cccc32)C(=O)N1. The van der Waals surface area contributed by atoms with Crippen LogP contribution in [0, 0.1) is 0 Å². The number of rotatable bonds is 2. The van der Waals surface area contributed by atoms with Gasteiger partial charge in [0.25, 0.3) is 0 Å². The highest BCUT2D eigenvalue weighted by atomic mass is 19.4. The molecule has 2 aliphatic heterocycles. The van der Waals surface area contributed by atoms with Crippen molar-refractivity contribution in [3.05, 3.63) is 28.7 Å². The maximum Gasteiger partial charge on any atom is 0.490 e. The molecule has 2 fully saturated rings. The summed E-state index contributed by atoms with van der Waals surface area (Å²) in [5, 5.41) is 12.7. The molecule has 10 nitrogen and oxygen atoms in total. The Bertz CT molecular complexity index is 1050. The number of carboxylic acid groups (broad SMARTS) is 1. The number of hydrogen-bond donors (Lipinski definition) is 3. The van der Waals surface area contributed by atoms with Crippen LogP contribution in [-0.2, 0) is 14.4 Å². The number of piperazine rings is 1. The van der Waals surface area contributed by atoms with Gasteiger partial charge in [-0.15, -0.1) is 0 Å². The largest absolute Gasteiger partial charge is 0.490 e. The molecule has 3 N–H and O–H groups in total. The van der Waals surface area contributed by atoms with Crippen LogP contribution in [-0.4, -0.2) is 59.8 Å². The molecule has 2 aromatic rings. The first-order valence-corrected chi connectivity index (χ1v) is 9.33. The molecule has 0 spiro atoms. The third-order valence-electron chi connectivity index (χ3n) is 4.84. The number of imide groups is 1. The quantitative estimate of drug-likeness (QED) is 0.574. The summed E-state index contributed by atoms with van der Waals surface area (Å²) in [6.45, 7) is 3.39. The number of carbonyl (C=O) groups is 3. The molecule has 0 bridgehead atoms. The van der Waals surface area contributed by atoms with Crippen LogP contribution in [0.1, 0.15) is 18.9 Å². The van der Waals surface area contributed by atoms with E-state index >= 15 is 0 Å². The molecular weight excluding hydrogens is 425 g/mol. The number of halogens is 3. The first kappa shape index (κ1) is 22.3. The summed E-state index contributed by atoms with van der Waals surface area (Å²) in [4.78, 5) is 46.9. The van der Waals surface area contributed by atoms with E-state index in [2.05, 4.69) is 15.5 Å². The third-order valence-corrected chi connectivity index (χ3v) is 4.84. The Labute approximate surface area is 172 Å². The van der Waals surface area contributed by atoms with Crippen LogP contribution in [0.15, 0.2) is 27.4 Å². The van der Waals surface area contributed by atoms with Crippen molar-refractivity contribution in [1.29, 1.82) is 0 Å². The number of amides is 2. The molecule has 3 heterocycles. The van der Waals surface area contributed by atoms with Gasteiger partial charge in [0.15, 0.2) is 5.58 Å². The molecule has 13 heteroatoms. The molecule has 2 amide bonds. The molecule has 1 atom stereocenters. The average molecular weight is 444 g/mol. The monoisotopic (exact) mass is 444 g/mol. The second kappa shape index (κ2) is 8.79. The number of aromatic nitrogens is 1. The van der Waals surface area contributed by atoms with E-state index in [1.807, 2.05) is 12.1 Å². The highest BCUT2D eigenvalue weighted by molar-refractivity contribution is 6.00. The van der Waals surface area contributed by atoms with Crippen molar-refractivity contribution < 1.29 is 37.1 Å². The van der Waals surface area contributed by atoms with Crippen molar-refractivity contribution in [3.63, 3.8) is 0 Å². The highest BCUT2D eigenvalue weighted by Gasteiger charge is 2.38. The molecule has 1 aromatic heterocycles. The number of anilines is 1. The van der Waals surface area contributed by atoms with Gasteiger partial charge in [-0.3, -0.25) is 19.5 Å². The summed E-state index contributed by atoms with van der Waals surface area (Å²) in [7, 11) is 0. The average Bonchev–Trinajstić information content (AvgIpc) is 3.04. The lowest BCUT2D eigenvalue weighted by atomic mass is 10.1. The molecule has 2 aliphatic rings. The van der Waals surface area contributed by atoms with Crippen LogP contribution in [0.3, 0.4) is 0 Å². The number of carboxylic acids is 1. The topological polar surface area (TPSA) is 134 Å². The second-order valence-electron chi connectivity index (χ2n) is 6.87. The van der Waals surface area contributed by atoms with Gasteiger partial charge >= 0.3 is 17.9 Å². The fourth-order valence-corrected chi connectivity index (χ4v) is 3.42. The van der Waals surface area contributed by atoms with E-state index in [0.717, 1.165) is 31.9 Å². The number of hydrogen-bond acceptors (Lipinski definition) is 7. The van der Waals surface area contributed by atoms with Gasteiger partial charge in [0.05, 0.1) is 11.2 Å². The van der Waals surface area contributed by atoms with E-state index in [4.69, 9.17) is 14.3 Å². The van der Waals surface area contributed by atoms with E-state index in [0.29, 0.717) is 17.5 Å². The number of fused-ring (bicyclic) bond motifs is 1. The summed E-state index contributed by atoms with van der Waals surface area (Å²) in [5.41, 5.74) is 1.94. The lowest BCUT2D eigenvalue weighted by Gasteiger charge is -2.29. The lowest BCUT2D eigenvalue weighted by Crippen LogP contribution is -2.43. The number of carbonyl (C=O) groups excluding carboxylic acids is 2. The minimum atomic E-state index is -5.08. The van der Waals surface area contributed by atoms with Crippen LogP contribution < -0.4 is 21.3 Å². The smallest absolute Gasteiger partial charge is 0.475 e. The molecule has 0 radical (unpaired) electrons. The summed E-state index contributed by atoms with van der Waals surface area (Å²) in [5.74, 6) is -4.09. The Morgan fingerprint density at radius 3 is 2.39 bits per heavy atom. The highest BCUT2D eigenvalue weighted by Crippen LogP contribution is 2.29. The van der Waals surface area contributed by atoms with Gasteiger partial charge in [-0.2, -0.15) is 13.2 Å². The van der Waals surface area contributed by atoms with Crippen molar-refractivity contribution in [1.82, 2.24) is 15.2 Å². The minimum Gasteiger partial charge on any atom is -0.475 e. The van der Waals surface area contributed by atoms with Gasteiger partial charge in [0.2, 0.25) is 11.8 Å². The van der Waals surface area contributed by atoms with Crippen molar-refractivity contribution in [2.24, 2.45) is 0 Å². The fourth-order valence-electron chi connectivity index (χ4n) is 3.42.